The van der Waals surface area contributed by atoms with E-state index in [4.69, 9.17) is 5.11 Å². The van der Waals surface area contributed by atoms with E-state index in [1.165, 1.54) is 18.5 Å². The Morgan fingerprint density at radius 1 is 1.40 bits per heavy atom. The molecule has 0 aliphatic carbocycles. The van der Waals surface area contributed by atoms with Crippen LogP contribution in [0.2, 0.25) is 0 Å². The standard InChI is InChI=1S/C12H18BrNO/c1-3-4-7-14(2)12-6-5-10(9-15)8-11(12)13/h5-6,8,15H,3-4,7,9H2,1-2H3. The molecular formula is C12H18BrNO. The number of benzene rings is 1. The summed E-state index contributed by atoms with van der Waals surface area (Å²) in [5.41, 5.74) is 2.12. The van der Waals surface area contributed by atoms with Crippen LogP contribution in [-0.4, -0.2) is 18.7 Å². The second-order valence-corrected chi connectivity index (χ2v) is 4.57. The third kappa shape index (κ3) is 3.50. The zero-order chi connectivity index (χ0) is 11.3. The van der Waals surface area contributed by atoms with Crippen molar-refractivity contribution in [3.05, 3.63) is 28.2 Å². The summed E-state index contributed by atoms with van der Waals surface area (Å²) in [6.45, 7) is 3.35. The normalized spacial score (nSPS) is 10.4. The van der Waals surface area contributed by atoms with E-state index in [0.717, 1.165) is 16.6 Å². The van der Waals surface area contributed by atoms with Crippen LogP contribution in [0, 0.1) is 0 Å². The highest BCUT2D eigenvalue weighted by Gasteiger charge is 2.05. The van der Waals surface area contributed by atoms with Crippen molar-refractivity contribution >= 4 is 21.6 Å². The third-order valence-electron chi connectivity index (χ3n) is 2.45. The first kappa shape index (κ1) is 12.5. The Morgan fingerprint density at radius 3 is 2.67 bits per heavy atom. The Bertz CT molecular complexity index is 314. The molecule has 0 spiro atoms. The van der Waals surface area contributed by atoms with Gasteiger partial charge in [-0.3, -0.25) is 0 Å². The second kappa shape index (κ2) is 6.13. The molecule has 0 aliphatic heterocycles. The van der Waals surface area contributed by atoms with Gasteiger partial charge < -0.3 is 10.0 Å². The van der Waals surface area contributed by atoms with Gasteiger partial charge in [0.15, 0.2) is 0 Å². The zero-order valence-electron chi connectivity index (χ0n) is 9.33. The van der Waals surface area contributed by atoms with Crippen LogP contribution in [0.1, 0.15) is 25.3 Å². The van der Waals surface area contributed by atoms with Gasteiger partial charge in [-0.05, 0) is 40.0 Å². The Kier molecular flexibility index (Phi) is 5.12. The van der Waals surface area contributed by atoms with Crippen LogP contribution in [0.5, 0.6) is 0 Å². The molecule has 0 radical (unpaired) electrons. The molecule has 0 unspecified atom stereocenters. The van der Waals surface area contributed by atoms with Gasteiger partial charge in [0, 0.05) is 18.1 Å². The fraction of sp³-hybridized carbons (Fsp3) is 0.500. The molecule has 0 saturated heterocycles. The van der Waals surface area contributed by atoms with Crippen LogP contribution in [0.4, 0.5) is 5.69 Å². The fourth-order valence-corrected chi connectivity index (χ4v) is 2.20. The van der Waals surface area contributed by atoms with Crippen molar-refractivity contribution in [3.63, 3.8) is 0 Å². The summed E-state index contributed by atoms with van der Waals surface area (Å²) in [5.74, 6) is 0. The van der Waals surface area contributed by atoms with Crippen molar-refractivity contribution in [2.45, 2.75) is 26.4 Å². The quantitative estimate of drug-likeness (QED) is 0.889. The smallest absolute Gasteiger partial charge is 0.0682 e. The Labute approximate surface area is 100 Å². The molecule has 15 heavy (non-hydrogen) atoms. The van der Waals surface area contributed by atoms with Gasteiger partial charge in [0.25, 0.3) is 0 Å². The average molecular weight is 272 g/mol. The van der Waals surface area contributed by atoms with Gasteiger partial charge >= 0.3 is 0 Å². The minimum Gasteiger partial charge on any atom is -0.392 e. The Hall–Kier alpha value is -0.540. The number of hydrogen-bond acceptors (Lipinski definition) is 2. The maximum Gasteiger partial charge on any atom is 0.0682 e. The summed E-state index contributed by atoms with van der Waals surface area (Å²) in [5, 5.41) is 9.00. The van der Waals surface area contributed by atoms with Gasteiger partial charge in [-0.2, -0.15) is 0 Å². The maximum atomic E-state index is 9.00. The van der Waals surface area contributed by atoms with Crippen molar-refractivity contribution in [1.82, 2.24) is 0 Å². The maximum absolute atomic E-state index is 9.00. The Balaban J connectivity index is 2.76. The first-order valence-corrected chi connectivity index (χ1v) is 6.08. The predicted octanol–water partition coefficient (Wildman–Crippen LogP) is 3.18. The lowest BCUT2D eigenvalue weighted by Crippen LogP contribution is -2.18. The molecule has 1 rings (SSSR count). The predicted molar refractivity (Wildman–Crippen MR) is 68.2 cm³/mol. The minimum absolute atomic E-state index is 0.0948. The molecule has 84 valence electrons. The lowest BCUT2D eigenvalue weighted by atomic mass is 10.2. The van der Waals surface area contributed by atoms with Gasteiger partial charge in [-0.25, -0.2) is 0 Å². The molecule has 3 heteroatoms. The summed E-state index contributed by atoms with van der Waals surface area (Å²) >= 11 is 3.53. The molecule has 0 bridgehead atoms. The summed E-state index contributed by atoms with van der Waals surface area (Å²) in [6, 6.07) is 5.98. The molecule has 0 atom stereocenters. The molecule has 2 nitrogen and oxygen atoms in total. The summed E-state index contributed by atoms with van der Waals surface area (Å²) in [7, 11) is 2.09. The van der Waals surface area contributed by atoms with Gasteiger partial charge in [0.2, 0.25) is 0 Å². The number of nitrogens with zero attached hydrogens (tertiary/aromatic N) is 1. The number of hydrogen-bond donors (Lipinski definition) is 1. The second-order valence-electron chi connectivity index (χ2n) is 3.72. The van der Waals surface area contributed by atoms with Gasteiger partial charge in [-0.1, -0.05) is 19.4 Å². The molecule has 0 fully saturated rings. The number of anilines is 1. The highest BCUT2D eigenvalue weighted by atomic mass is 79.9. The van der Waals surface area contributed by atoms with E-state index in [1.54, 1.807) is 0 Å². The van der Waals surface area contributed by atoms with E-state index < -0.39 is 0 Å². The van der Waals surface area contributed by atoms with Crippen molar-refractivity contribution in [2.75, 3.05) is 18.5 Å². The summed E-state index contributed by atoms with van der Waals surface area (Å²) in [6.07, 6.45) is 2.40. The van der Waals surface area contributed by atoms with Crippen LogP contribution < -0.4 is 4.90 Å². The number of aliphatic hydroxyl groups excluding tert-OH is 1. The molecule has 1 N–H and O–H groups in total. The number of aliphatic hydroxyl groups is 1. The monoisotopic (exact) mass is 271 g/mol. The van der Waals surface area contributed by atoms with E-state index in [-0.39, 0.29) is 6.61 Å². The highest BCUT2D eigenvalue weighted by Crippen LogP contribution is 2.26. The van der Waals surface area contributed by atoms with E-state index in [2.05, 4.69) is 34.8 Å². The van der Waals surface area contributed by atoms with Crippen LogP contribution in [0.25, 0.3) is 0 Å². The van der Waals surface area contributed by atoms with Gasteiger partial charge in [0.1, 0.15) is 0 Å². The van der Waals surface area contributed by atoms with Crippen LogP contribution in [0.3, 0.4) is 0 Å². The first-order valence-electron chi connectivity index (χ1n) is 5.29. The summed E-state index contributed by atoms with van der Waals surface area (Å²) in [4.78, 5) is 2.23. The van der Waals surface area contributed by atoms with E-state index >= 15 is 0 Å². The topological polar surface area (TPSA) is 23.5 Å². The molecule has 0 amide bonds. The fourth-order valence-electron chi connectivity index (χ4n) is 1.47. The van der Waals surface area contributed by atoms with Crippen molar-refractivity contribution in [3.8, 4) is 0 Å². The third-order valence-corrected chi connectivity index (χ3v) is 3.09. The zero-order valence-corrected chi connectivity index (χ0v) is 10.9. The highest BCUT2D eigenvalue weighted by molar-refractivity contribution is 9.10. The van der Waals surface area contributed by atoms with Gasteiger partial charge in [0.05, 0.1) is 12.3 Å². The van der Waals surface area contributed by atoms with Gasteiger partial charge in [-0.15, -0.1) is 0 Å². The van der Waals surface area contributed by atoms with Crippen molar-refractivity contribution in [1.29, 1.82) is 0 Å². The largest absolute Gasteiger partial charge is 0.392 e. The molecule has 1 aromatic carbocycles. The molecular weight excluding hydrogens is 254 g/mol. The molecule has 0 aliphatic rings. The molecule has 0 saturated carbocycles. The summed E-state index contributed by atoms with van der Waals surface area (Å²) < 4.78 is 1.05. The number of halogens is 1. The SMILES string of the molecule is CCCCN(C)c1ccc(CO)cc1Br. The molecule has 1 aromatic rings. The first-order chi connectivity index (χ1) is 7.19. The van der Waals surface area contributed by atoms with E-state index in [9.17, 15) is 0 Å². The number of rotatable bonds is 5. The minimum atomic E-state index is 0.0948. The molecule has 0 heterocycles. The average Bonchev–Trinajstić information content (AvgIpc) is 2.25. The lowest BCUT2D eigenvalue weighted by Gasteiger charge is -2.20. The van der Waals surface area contributed by atoms with E-state index in [1.807, 2.05) is 18.2 Å². The van der Waals surface area contributed by atoms with Crippen LogP contribution in [0.15, 0.2) is 22.7 Å². The van der Waals surface area contributed by atoms with Crippen LogP contribution >= 0.6 is 15.9 Å². The van der Waals surface area contributed by atoms with Crippen molar-refractivity contribution < 1.29 is 5.11 Å². The van der Waals surface area contributed by atoms with E-state index in [0.29, 0.717) is 0 Å². The Morgan fingerprint density at radius 2 is 2.13 bits per heavy atom. The number of unbranched alkanes of at least 4 members (excludes halogenated alkanes) is 1. The molecule has 0 aromatic heterocycles. The van der Waals surface area contributed by atoms with Crippen molar-refractivity contribution in [2.24, 2.45) is 0 Å². The van der Waals surface area contributed by atoms with Crippen LogP contribution in [-0.2, 0) is 6.61 Å². The lowest BCUT2D eigenvalue weighted by molar-refractivity contribution is 0.282.